The molecule has 0 aliphatic carbocycles. The first-order valence-corrected chi connectivity index (χ1v) is 8.26. The van der Waals surface area contributed by atoms with Gasteiger partial charge in [-0.3, -0.25) is 0 Å². The van der Waals surface area contributed by atoms with Gasteiger partial charge in [0.05, 0.1) is 6.20 Å². The zero-order chi connectivity index (χ0) is 15.5. The van der Waals surface area contributed by atoms with Crippen molar-refractivity contribution in [3.63, 3.8) is 0 Å². The van der Waals surface area contributed by atoms with Crippen LogP contribution in [0.4, 0.5) is 17.6 Å². The van der Waals surface area contributed by atoms with E-state index in [1.807, 2.05) is 18.3 Å². The molecule has 2 aromatic rings. The molecular formula is C16H21N7. The van der Waals surface area contributed by atoms with Crippen molar-refractivity contribution >= 4 is 17.6 Å². The fourth-order valence-corrected chi connectivity index (χ4v) is 3.19. The number of hydrogen-bond donors (Lipinski definition) is 0. The van der Waals surface area contributed by atoms with Crippen LogP contribution in [0.1, 0.15) is 12.8 Å². The first-order valence-electron chi connectivity index (χ1n) is 8.26. The Balaban J connectivity index is 1.43. The Morgan fingerprint density at radius 2 is 1.52 bits per heavy atom. The molecule has 7 nitrogen and oxygen atoms in total. The lowest BCUT2D eigenvalue weighted by Crippen LogP contribution is -2.47. The van der Waals surface area contributed by atoms with Crippen LogP contribution in [0.15, 0.2) is 30.6 Å². The van der Waals surface area contributed by atoms with Gasteiger partial charge in [0.15, 0.2) is 5.82 Å². The second-order valence-electron chi connectivity index (χ2n) is 5.97. The van der Waals surface area contributed by atoms with Gasteiger partial charge in [-0.05, 0) is 25.0 Å². The van der Waals surface area contributed by atoms with E-state index in [0.29, 0.717) is 0 Å². The molecule has 4 rings (SSSR count). The van der Waals surface area contributed by atoms with Crippen molar-refractivity contribution in [1.29, 1.82) is 0 Å². The average Bonchev–Trinajstić information content (AvgIpc) is 3.18. The second-order valence-corrected chi connectivity index (χ2v) is 5.97. The molecule has 0 atom stereocenters. The van der Waals surface area contributed by atoms with Crippen molar-refractivity contribution in [3.8, 4) is 0 Å². The van der Waals surface area contributed by atoms with E-state index in [9.17, 15) is 0 Å². The smallest absolute Gasteiger partial charge is 0.247 e. The number of piperazine rings is 1. The fraction of sp³-hybridized carbons (Fsp3) is 0.500. The standard InChI is InChI=1S/C16H21N7/c1-2-6-17-14(5-1)21-9-11-22(12-10-21)15-13-18-20-16(19-15)23-7-3-4-8-23/h1-2,5-6,13H,3-4,7-12H2. The lowest BCUT2D eigenvalue weighted by molar-refractivity contribution is 0.638. The van der Waals surface area contributed by atoms with Gasteiger partial charge in [0.1, 0.15) is 5.82 Å². The second kappa shape index (κ2) is 6.36. The van der Waals surface area contributed by atoms with Crippen LogP contribution < -0.4 is 14.7 Å². The largest absolute Gasteiger partial charge is 0.353 e. The van der Waals surface area contributed by atoms with Crippen LogP contribution in [0.25, 0.3) is 0 Å². The third-order valence-electron chi connectivity index (χ3n) is 4.50. The normalized spacial score (nSPS) is 18.5. The molecule has 7 heteroatoms. The molecule has 0 N–H and O–H groups in total. The van der Waals surface area contributed by atoms with E-state index < -0.39 is 0 Å². The third kappa shape index (κ3) is 3.04. The molecule has 4 heterocycles. The topological polar surface area (TPSA) is 61.3 Å². The van der Waals surface area contributed by atoms with Crippen LogP contribution in [0.5, 0.6) is 0 Å². The monoisotopic (exact) mass is 311 g/mol. The van der Waals surface area contributed by atoms with E-state index in [-0.39, 0.29) is 0 Å². The van der Waals surface area contributed by atoms with E-state index in [4.69, 9.17) is 4.98 Å². The van der Waals surface area contributed by atoms with Gasteiger partial charge in [0.2, 0.25) is 5.95 Å². The number of aromatic nitrogens is 4. The van der Waals surface area contributed by atoms with Crippen LogP contribution in [-0.4, -0.2) is 59.4 Å². The zero-order valence-corrected chi connectivity index (χ0v) is 13.2. The maximum Gasteiger partial charge on any atom is 0.247 e. The first-order chi connectivity index (χ1) is 11.4. The van der Waals surface area contributed by atoms with E-state index >= 15 is 0 Å². The van der Waals surface area contributed by atoms with E-state index in [0.717, 1.165) is 56.9 Å². The molecule has 0 saturated carbocycles. The molecule has 0 aromatic carbocycles. The highest BCUT2D eigenvalue weighted by Gasteiger charge is 2.21. The maximum atomic E-state index is 4.72. The summed E-state index contributed by atoms with van der Waals surface area (Å²) in [5.74, 6) is 2.75. The Bertz CT molecular complexity index is 634. The summed E-state index contributed by atoms with van der Waals surface area (Å²) in [6.45, 7) is 5.82. The summed E-state index contributed by atoms with van der Waals surface area (Å²) >= 11 is 0. The molecule has 2 aliphatic rings. The summed E-state index contributed by atoms with van der Waals surface area (Å²) in [7, 11) is 0. The zero-order valence-electron chi connectivity index (χ0n) is 13.2. The fourth-order valence-electron chi connectivity index (χ4n) is 3.19. The van der Waals surface area contributed by atoms with Crippen molar-refractivity contribution in [2.45, 2.75) is 12.8 Å². The van der Waals surface area contributed by atoms with Gasteiger partial charge in [-0.15, -0.1) is 5.10 Å². The Kier molecular flexibility index (Phi) is 3.92. The summed E-state index contributed by atoms with van der Waals surface area (Å²) in [5.41, 5.74) is 0. The average molecular weight is 311 g/mol. The highest BCUT2D eigenvalue weighted by molar-refractivity contribution is 5.46. The van der Waals surface area contributed by atoms with Crippen LogP contribution in [0, 0.1) is 0 Å². The molecule has 120 valence electrons. The maximum absolute atomic E-state index is 4.72. The minimum Gasteiger partial charge on any atom is -0.353 e. The SMILES string of the molecule is c1ccc(N2CCN(c3cnnc(N4CCCC4)n3)CC2)nc1. The molecule has 0 amide bonds. The van der Waals surface area contributed by atoms with Crippen molar-refractivity contribution in [2.24, 2.45) is 0 Å². The third-order valence-corrected chi connectivity index (χ3v) is 4.50. The van der Waals surface area contributed by atoms with E-state index in [1.165, 1.54) is 12.8 Å². The number of anilines is 3. The van der Waals surface area contributed by atoms with Gasteiger partial charge in [-0.2, -0.15) is 10.1 Å². The number of nitrogens with zero attached hydrogens (tertiary/aromatic N) is 7. The Morgan fingerprint density at radius 1 is 0.783 bits per heavy atom. The molecule has 2 aromatic heterocycles. The molecule has 0 bridgehead atoms. The Labute approximate surface area is 136 Å². The Hall–Kier alpha value is -2.44. The number of rotatable bonds is 3. The van der Waals surface area contributed by atoms with Gasteiger partial charge in [-0.1, -0.05) is 6.07 Å². The lowest BCUT2D eigenvalue weighted by Gasteiger charge is -2.36. The van der Waals surface area contributed by atoms with Crippen molar-refractivity contribution < 1.29 is 0 Å². The molecule has 0 spiro atoms. The summed E-state index contributed by atoms with van der Waals surface area (Å²) in [6.07, 6.45) is 6.06. The summed E-state index contributed by atoms with van der Waals surface area (Å²) in [6, 6.07) is 6.05. The molecular weight excluding hydrogens is 290 g/mol. The summed E-state index contributed by atoms with van der Waals surface area (Å²) in [5, 5.41) is 8.36. The minimum absolute atomic E-state index is 0.771. The van der Waals surface area contributed by atoms with Gasteiger partial charge >= 0.3 is 0 Å². The van der Waals surface area contributed by atoms with Crippen LogP contribution in [0.3, 0.4) is 0 Å². The molecule has 2 saturated heterocycles. The van der Waals surface area contributed by atoms with Crippen LogP contribution >= 0.6 is 0 Å². The first kappa shape index (κ1) is 14.2. The van der Waals surface area contributed by atoms with Gasteiger partial charge in [0.25, 0.3) is 0 Å². The van der Waals surface area contributed by atoms with Crippen molar-refractivity contribution in [3.05, 3.63) is 30.6 Å². The van der Waals surface area contributed by atoms with E-state index in [1.54, 1.807) is 6.20 Å². The molecule has 0 radical (unpaired) electrons. The highest BCUT2D eigenvalue weighted by Crippen LogP contribution is 2.20. The summed E-state index contributed by atoms with van der Waals surface area (Å²) in [4.78, 5) is 16.0. The molecule has 0 unspecified atom stereocenters. The van der Waals surface area contributed by atoms with Crippen LogP contribution in [0.2, 0.25) is 0 Å². The van der Waals surface area contributed by atoms with Crippen molar-refractivity contribution in [2.75, 3.05) is 54.0 Å². The quantitative estimate of drug-likeness (QED) is 0.844. The van der Waals surface area contributed by atoms with Crippen LogP contribution in [-0.2, 0) is 0 Å². The highest BCUT2D eigenvalue weighted by atomic mass is 15.4. The molecule has 23 heavy (non-hydrogen) atoms. The van der Waals surface area contributed by atoms with Gasteiger partial charge in [0, 0.05) is 45.5 Å². The molecule has 2 fully saturated rings. The van der Waals surface area contributed by atoms with Crippen molar-refractivity contribution in [1.82, 2.24) is 20.2 Å². The number of hydrogen-bond acceptors (Lipinski definition) is 7. The minimum atomic E-state index is 0.771. The predicted octanol–water partition coefficient (Wildman–Crippen LogP) is 1.19. The molecule has 2 aliphatic heterocycles. The van der Waals surface area contributed by atoms with E-state index in [2.05, 4.69) is 35.9 Å². The van der Waals surface area contributed by atoms with Gasteiger partial charge < -0.3 is 14.7 Å². The number of pyridine rings is 1. The Morgan fingerprint density at radius 3 is 2.22 bits per heavy atom. The lowest BCUT2D eigenvalue weighted by atomic mass is 10.3. The summed E-state index contributed by atoms with van der Waals surface area (Å²) < 4.78 is 0. The predicted molar refractivity (Wildman–Crippen MR) is 89.9 cm³/mol. The van der Waals surface area contributed by atoms with Gasteiger partial charge in [-0.25, -0.2) is 4.98 Å².